The molecule has 0 saturated carbocycles. The van der Waals surface area contributed by atoms with Crippen LogP contribution >= 0.6 is 11.3 Å². The number of carbonyl (C=O) groups excluding carboxylic acids is 2. The first-order chi connectivity index (χ1) is 19.4. The Bertz CT molecular complexity index is 1640. The minimum atomic E-state index is -0.687. The molecule has 0 atom stereocenters. The normalized spacial score (nSPS) is 16.0. The Morgan fingerprint density at radius 1 is 1.02 bits per heavy atom. The zero-order chi connectivity index (χ0) is 27.8. The summed E-state index contributed by atoms with van der Waals surface area (Å²) in [5.74, 6) is -0.593. The van der Waals surface area contributed by atoms with E-state index in [0.29, 0.717) is 11.4 Å². The van der Waals surface area contributed by atoms with Crippen molar-refractivity contribution in [3.05, 3.63) is 83.4 Å². The van der Waals surface area contributed by atoms with Crippen LogP contribution in [0.1, 0.15) is 11.3 Å². The zero-order valence-electron chi connectivity index (χ0n) is 21.6. The number of amides is 4. The molecular formula is C29H25F2N5O3S. The van der Waals surface area contributed by atoms with E-state index in [1.165, 1.54) is 46.9 Å². The number of benzene rings is 2. The molecular weight excluding hydrogens is 536 g/mol. The van der Waals surface area contributed by atoms with Crippen LogP contribution in [0.15, 0.2) is 66.9 Å². The van der Waals surface area contributed by atoms with Crippen LogP contribution in [-0.2, 0) is 0 Å². The van der Waals surface area contributed by atoms with Crippen molar-refractivity contribution in [2.75, 3.05) is 43.4 Å². The predicted octanol–water partition coefficient (Wildman–Crippen LogP) is 6.56. The van der Waals surface area contributed by atoms with Gasteiger partial charge in [0.25, 0.3) is 0 Å². The zero-order valence-corrected chi connectivity index (χ0v) is 22.4. The molecule has 1 saturated heterocycles. The lowest BCUT2D eigenvalue weighted by molar-refractivity contribution is 0.209. The fraction of sp³-hybridized carbons (Fsp3) is 0.207. The molecule has 0 aliphatic carbocycles. The van der Waals surface area contributed by atoms with Gasteiger partial charge in [-0.05, 0) is 61.5 Å². The summed E-state index contributed by atoms with van der Waals surface area (Å²) in [6, 6.07) is 12.0. The number of carbonyl (C=O) groups is 2. The fourth-order valence-electron chi connectivity index (χ4n) is 4.70. The smallest absolute Gasteiger partial charge is 0.332 e. The minimum absolute atomic E-state index is 0.00121. The van der Waals surface area contributed by atoms with Crippen LogP contribution < -0.4 is 15.0 Å². The lowest BCUT2D eigenvalue weighted by Gasteiger charge is -2.21. The molecule has 11 heteroatoms. The number of urea groups is 2. The van der Waals surface area contributed by atoms with E-state index in [0.717, 1.165) is 45.6 Å². The lowest BCUT2D eigenvalue weighted by atomic mass is 10.1. The summed E-state index contributed by atoms with van der Waals surface area (Å²) in [6.07, 6.45) is 4.80. The predicted molar refractivity (Wildman–Crippen MR) is 151 cm³/mol. The van der Waals surface area contributed by atoms with E-state index in [1.54, 1.807) is 23.6 Å². The molecule has 204 valence electrons. The van der Waals surface area contributed by atoms with Crippen LogP contribution in [0.2, 0.25) is 0 Å². The molecule has 4 heterocycles. The first kappa shape index (κ1) is 25.9. The minimum Gasteiger partial charge on any atom is -0.453 e. The van der Waals surface area contributed by atoms with E-state index in [2.05, 4.69) is 28.3 Å². The summed E-state index contributed by atoms with van der Waals surface area (Å²) in [5.41, 5.74) is 2.72. The molecule has 0 unspecified atom stereocenters. The first-order valence-electron chi connectivity index (χ1n) is 12.8. The number of likely N-dealkylation sites (N-methyl/N-ethyl adjacent to an activating group) is 1. The highest BCUT2D eigenvalue weighted by atomic mass is 32.1. The maximum atomic E-state index is 15.1. The third-order valence-electron chi connectivity index (χ3n) is 6.90. The number of thiophene rings is 1. The number of hydrogen-bond donors (Lipinski definition) is 1. The van der Waals surface area contributed by atoms with Crippen LogP contribution in [0.4, 0.5) is 29.7 Å². The van der Waals surface area contributed by atoms with Crippen LogP contribution in [0.25, 0.3) is 15.8 Å². The van der Waals surface area contributed by atoms with Gasteiger partial charge in [-0.15, -0.1) is 11.3 Å². The second-order valence-electron chi connectivity index (χ2n) is 9.62. The molecule has 6 rings (SSSR count). The second kappa shape index (κ2) is 10.7. The Labute approximate surface area is 233 Å². The van der Waals surface area contributed by atoms with Crippen molar-refractivity contribution in [1.82, 2.24) is 14.8 Å². The quantitative estimate of drug-likeness (QED) is 0.299. The molecule has 0 bridgehead atoms. The summed E-state index contributed by atoms with van der Waals surface area (Å²) in [5, 5.41) is 2.57. The standard InChI is InChI=1S/C29H25F2N5O3S/c1-34-12-9-18(10-13-34)26-17-23-27(40-26)25(8-11-32-23)39-24-7-4-20(16-22(24)31)33-28(37)36-15-14-35(29(36)38)21-5-2-19(30)3-6-21/h2-9,11,16-17H,10,12-15H2,1H3,(H,33,37). The Balaban J connectivity index is 1.15. The molecule has 1 fully saturated rings. The number of fused-ring (bicyclic) bond motifs is 1. The van der Waals surface area contributed by atoms with Gasteiger partial charge in [-0.1, -0.05) is 6.08 Å². The fourth-order valence-corrected chi connectivity index (χ4v) is 5.84. The highest BCUT2D eigenvalue weighted by Crippen LogP contribution is 2.39. The number of nitrogens with zero attached hydrogens (tertiary/aromatic N) is 4. The van der Waals surface area contributed by atoms with Crippen molar-refractivity contribution < 1.29 is 23.1 Å². The summed E-state index contributed by atoms with van der Waals surface area (Å²) >= 11 is 1.57. The number of nitrogens with one attached hydrogen (secondary N) is 1. The van der Waals surface area contributed by atoms with Crippen LogP contribution in [0.5, 0.6) is 11.5 Å². The van der Waals surface area contributed by atoms with Gasteiger partial charge in [0.2, 0.25) is 0 Å². The molecule has 8 nitrogen and oxygen atoms in total. The summed E-state index contributed by atoms with van der Waals surface area (Å²) in [4.78, 5) is 35.8. The van der Waals surface area contributed by atoms with Crippen molar-refractivity contribution in [3.63, 3.8) is 0 Å². The number of ether oxygens (including phenoxy) is 1. The average Bonchev–Trinajstić information content (AvgIpc) is 3.55. The molecule has 0 spiro atoms. The number of anilines is 2. The molecule has 2 aromatic carbocycles. The van der Waals surface area contributed by atoms with Crippen molar-refractivity contribution in [1.29, 1.82) is 0 Å². The summed E-state index contributed by atoms with van der Waals surface area (Å²) < 4.78 is 35.1. The monoisotopic (exact) mass is 561 g/mol. The first-order valence-corrected chi connectivity index (χ1v) is 13.6. The Hall–Kier alpha value is -4.35. The lowest BCUT2D eigenvalue weighted by Crippen LogP contribution is -2.39. The molecule has 2 aromatic heterocycles. The van der Waals surface area contributed by atoms with Gasteiger partial charge in [-0.2, -0.15) is 0 Å². The molecule has 1 N–H and O–H groups in total. The molecule has 4 amide bonds. The van der Waals surface area contributed by atoms with Crippen molar-refractivity contribution in [3.8, 4) is 11.5 Å². The van der Waals surface area contributed by atoms with Gasteiger partial charge >= 0.3 is 12.1 Å². The maximum Gasteiger partial charge on any atom is 0.332 e. The average molecular weight is 562 g/mol. The van der Waals surface area contributed by atoms with Crippen LogP contribution in [0.3, 0.4) is 0 Å². The highest BCUT2D eigenvalue weighted by Gasteiger charge is 2.34. The van der Waals surface area contributed by atoms with Gasteiger partial charge in [0.1, 0.15) is 11.6 Å². The van der Waals surface area contributed by atoms with E-state index in [-0.39, 0.29) is 24.5 Å². The number of pyridine rings is 1. The Morgan fingerprint density at radius 3 is 2.60 bits per heavy atom. The van der Waals surface area contributed by atoms with Crippen LogP contribution in [0, 0.1) is 11.6 Å². The van der Waals surface area contributed by atoms with E-state index in [4.69, 9.17) is 4.74 Å². The molecule has 2 aliphatic rings. The van der Waals surface area contributed by atoms with Gasteiger partial charge in [-0.3, -0.25) is 9.88 Å². The molecule has 0 radical (unpaired) electrons. The van der Waals surface area contributed by atoms with Crippen molar-refractivity contribution in [2.45, 2.75) is 6.42 Å². The van der Waals surface area contributed by atoms with Gasteiger partial charge in [0.15, 0.2) is 11.6 Å². The number of rotatable bonds is 5. The largest absolute Gasteiger partial charge is 0.453 e. The maximum absolute atomic E-state index is 15.1. The molecule has 2 aliphatic heterocycles. The molecule has 4 aromatic rings. The Kier molecular flexibility index (Phi) is 6.91. The number of halogens is 2. The number of hydrogen-bond acceptors (Lipinski definition) is 6. The van der Waals surface area contributed by atoms with Gasteiger partial charge < -0.3 is 15.0 Å². The van der Waals surface area contributed by atoms with E-state index >= 15 is 4.39 Å². The van der Waals surface area contributed by atoms with Gasteiger partial charge in [-0.25, -0.2) is 23.3 Å². The highest BCUT2D eigenvalue weighted by molar-refractivity contribution is 7.20. The van der Waals surface area contributed by atoms with Crippen molar-refractivity contribution >= 4 is 50.6 Å². The van der Waals surface area contributed by atoms with Gasteiger partial charge in [0, 0.05) is 54.2 Å². The summed E-state index contributed by atoms with van der Waals surface area (Å²) in [6.45, 7) is 2.29. The van der Waals surface area contributed by atoms with Crippen molar-refractivity contribution in [2.24, 2.45) is 0 Å². The topological polar surface area (TPSA) is 78.0 Å². The number of imide groups is 1. The van der Waals surface area contributed by atoms with E-state index in [9.17, 15) is 14.0 Å². The summed E-state index contributed by atoms with van der Waals surface area (Å²) in [7, 11) is 2.09. The molecule has 40 heavy (non-hydrogen) atoms. The second-order valence-corrected chi connectivity index (χ2v) is 10.7. The van der Waals surface area contributed by atoms with Crippen LogP contribution in [-0.4, -0.2) is 60.1 Å². The van der Waals surface area contributed by atoms with Gasteiger partial charge in [0.05, 0.1) is 16.8 Å². The third kappa shape index (κ3) is 5.13. The third-order valence-corrected chi connectivity index (χ3v) is 8.11. The van der Waals surface area contributed by atoms with E-state index in [1.807, 2.05) is 6.07 Å². The SMILES string of the molecule is CN1CC=C(c2cc3nccc(Oc4ccc(NC(=O)N5CCN(c6ccc(F)cc6)C5=O)cc4F)c3s2)CC1. The number of aromatic nitrogens is 1. The Morgan fingerprint density at radius 2 is 1.85 bits per heavy atom. The van der Waals surface area contributed by atoms with E-state index < -0.39 is 23.7 Å².